The third-order valence-corrected chi connectivity index (χ3v) is 8.19. The molecule has 0 aliphatic carbocycles. The summed E-state index contributed by atoms with van der Waals surface area (Å²) < 4.78 is 6.71. The van der Waals surface area contributed by atoms with Crippen molar-refractivity contribution in [3.63, 3.8) is 0 Å². The van der Waals surface area contributed by atoms with Crippen LogP contribution >= 0.6 is 0 Å². The first-order valence-electron chi connectivity index (χ1n) is 13.8. The molecule has 0 fully saturated rings. The van der Waals surface area contributed by atoms with Gasteiger partial charge in [-0.05, 0) is 70.1 Å². The van der Waals surface area contributed by atoms with Gasteiger partial charge in [-0.1, -0.05) is 84.9 Å². The minimum Gasteiger partial charge on any atom is -0.455 e. The fourth-order valence-corrected chi connectivity index (χ4v) is 6.15. The van der Waals surface area contributed by atoms with E-state index in [2.05, 4.69) is 133 Å². The molecular weight excluding hydrogens is 500 g/mol. The van der Waals surface area contributed by atoms with Crippen molar-refractivity contribution in [2.75, 3.05) is 0 Å². The van der Waals surface area contributed by atoms with Crippen LogP contribution in [0.2, 0.25) is 0 Å². The van der Waals surface area contributed by atoms with Gasteiger partial charge in [0.25, 0.3) is 0 Å². The molecule has 41 heavy (non-hydrogen) atoms. The highest BCUT2D eigenvalue weighted by Gasteiger charge is 2.17. The molecule has 0 saturated carbocycles. The topological polar surface area (TPSA) is 38.9 Å². The summed E-state index contributed by atoms with van der Waals surface area (Å²) in [6, 6.07) is 46.7. The van der Waals surface area contributed by atoms with E-state index >= 15 is 0 Å². The van der Waals surface area contributed by atoms with Gasteiger partial charge in [-0.3, -0.25) is 0 Å². The lowest BCUT2D eigenvalue weighted by atomic mass is 10.0. The highest BCUT2D eigenvalue weighted by Crippen LogP contribution is 2.40. The molecule has 9 aromatic rings. The third-order valence-electron chi connectivity index (χ3n) is 8.19. The van der Waals surface area contributed by atoms with E-state index in [1.54, 1.807) is 0 Å². The van der Waals surface area contributed by atoms with E-state index in [1.807, 2.05) is 0 Å². The number of pyridine rings is 2. The van der Waals surface area contributed by atoms with E-state index < -0.39 is 0 Å². The summed E-state index contributed by atoms with van der Waals surface area (Å²) in [5, 5.41) is 9.22. The zero-order valence-electron chi connectivity index (χ0n) is 22.0. The smallest absolute Gasteiger partial charge is 0.144 e. The zero-order valence-corrected chi connectivity index (χ0v) is 22.0. The van der Waals surface area contributed by atoms with Gasteiger partial charge in [0.05, 0.1) is 22.4 Å². The van der Waals surface area contributed by atoms with E-state index in [1.165, 1.54) is 21.5 Å². The van der Waals surface area contributed by atoms with Crippen LogP contribution < -0.4 is 0 Å². The highest BCUT2D eigenvalue weighted by molar-refractivity contribution is 6.13. The molecule has 6 aromatic carbocycles. The van der Waals surface area contributed by atoms with Crippen LogP contribution in [0.15, 0.2) is 138 Å². The highest BCUT2D eigenvalue weighted by atomic mass is 16.3. The van der Waals surface area contributed by atoms with Crippen LogP contribution in [0.4, 0.5) is 0 Å². The van der Waals surface area contributed by atoms with Gasteiger partial charge in [0.15, 0.2) is 0 Å². The molecule has 0 amide bonds. The van der Waals surface area contributed by atoms with Crippen molar-refractivity contribution < 1.29 is 4.42 Å². The standard InChI is InChI=1S/C38H22N2O/c1-3-9-25-21-35-27(19-23(25)7-1)15-17-33(39-35)31-13-5-11-29-30-12-6-14-32(38(30)41-37(29)31)34-18-16-28-20-24-8-2-4-10-26(24)22-36(28)40-34/h1-22H. The molecule has 3 aromatic heterocycles. The van der Waals surface area contributed by atoms with Crippen LogP contribution in [-0.2, 0) is 0 Å². The van der Waals surface area contributed by atoms with Crippen molar-refractivity contribution >= 4 is 65.3 Å². The Kier molecular flexibility index (Phi) is 4.61. The number of furan rings is 1. The molecule has 3 nitrogen and oxygen atoms in total. The summed E-state index contributed by atoms with van der Waals surface area (Å²) in [4.78, 5) is 10.2. The maximum Gasteiger partial charge on any atom is 0.144 e. The van der Waals surface area contributed by atoms with Gasteiger partial charge in [-0.15, -0.1) is 0 Å². The largest absolute Gasteiger partial charge is 0.455 e. The molecule has 0 aliphatic heterocycles. The second-order valence-electron chi connectivity index (χ2n) is 10.6. The fraction of sp³-hybridized carbons (Fsp3) is 0. The Morgan fingerprint density at radius 1 is 0.366 bits per heavy atom. The van der Waals surface area contributed by atoms with Crippen LogP contribution in [0.1, 0.15) is 0 Å². The minimum atomic E-state index is 0.842. The Morgan fingerprint density at radius 3 is 1.27 bits per heavy atom. The predicted octanol–water partition coefficient (Wildman–Crippen LogP) is 10.3. The van der Waals surface area contributed by atoms with Crippen molar-refractivity contribution in [2.24, 2.45) is 0 Å². The summed E-state index contributed by atoms with van der Waals surface area (Å²) in [7, 11) is 0. The average Bonchev–Trinajstić information content (AvgIpc) is 3.41. The Balaban J connectivity index is 1.23. The summed E-state index contributed by atoms with van der Waals surface area (Å²) in [5.41, 5.74) is 7.40. The molecule has 9 rings (SSSR count). The Hall–Kier alpha value is -5.54. The second-order valence-corrected chi connectivity index (χ2v) is 10.6. The van der Waals surface area contributed by atoms with Gasteiger partial charge in [0.1, 0.15) is 11.2 Å². The average molecular weight is 523 g/mol. The normalized spacial score (nSPS) is 11.9. The molecule has 0 saturated heterocycles. The SMILES string of the molecule is c1ccc2cc3nc(-c4cccc5c4oc4c(-c6ccc7cc8ccccc8cc7n6)cccc45)ccc3cc2c1. The Labute approximate surface area is 235 Å². The predicted molar refractivity (Wildman–Crippen MR) is 170 cm³/mol. The Bertz CT molecular complexity index is 2320. The molecule has 0 bridgehead atoms. The van der Waals surface area contributed by atoms with Crippen molar-refractivity contribution in [3.8, 4) is 22.5 Å². The second kappa shape index (κ2) is 8.48. The van der Waals surface area contributed by atoms with E-state index in [0.717, 1.165) is 66.3 Å². The molecule has 3 heterocycles. The van der Waals surface area contributed by atoms with Gasteiger partial charge >= 0.3 is 0 Å². The van der Waals surface area contributed by atoms with Gasteiger partial charge in [0.2, 0.25) is 0 Å². The van der Waals surface area contributed by atoms with Crippen molar-refractivity contribution in [1.82, 2.24) is 9.97 Å². The molecule has 0 radical (unpaired) electrons. The fourth-order valence-electron chi connectivity index (χ4n) is 6.15. The van der Waals surface area contributed by atoms with Gasteiger partial charge < -0.3 is 4.42 Å². The first kappa shape index (κ1) is 22.3. The molecule has 0 spiro atoms. The molecule has 0 N–H and O–H groups in total. The third kappa shape index (κ3) is 3.46. The lowest BCUT2D eigenvalue weighted by Crippen LogP contribution is -1.86. The van der Waals surface area contributed by atoms with E-state index in [0.29, 0.717) is 0 Å². The summed E-state index contributed by atoms with van der Waals surface area (Å²) in [5.74, 6) is 0. The van der Waals surface area contributed by atoms with Gasteiger partial charge in [-0.2, -0.15) is 0 Å². The van der Waals surface area contributed by atoms with E-state index in [-0.39, 0.29) is 0 Å². The summed E-state index contributed by atoms with van der Waals surface area (Å²) in [6.07, 6.45) is 0. The molecule has 0 atom stereocenters. The van der Waals surface area contributed by atoms with Crippen LogP contribution in [0.3, 0.4) is 0 Å². The van der Waals surface area contributed by atoms with E-state index in [4.69, 9.17) is 14.4 Å². The molecule has 0 aliphatic rings. The van der Waals surface area contributed by atoms with Crippen molar-refractivity contribution in [2.45, 2.75) is 0 Å². The lowest BCUT2D eigenvalue weighted by Gasteiger charge is -2.06. The quantitative estimate of drug-likeness (QED) is 0.212. The van der Waals surface area contributed by atoms with E-state index in [9.17, 15) is 0 Å². The molecular formula is C38H22N2O. The lowest BCUT2D eigenvalue weighted by molar-refractivity contribution is 0.670. The Morgan fingerprint density at radius 2 is 0.805 bits per heavy atom. The summed E-state index contributed by atoms with van der Waals surface area (Å²) >= 11 is 0. The van der Waals surface area contributed by atoms with Crippen LogP contribution in [0.25, 0.3) is 87.8 Å². The molecule has 0 unspecified atom stereocenters. The van der Waals surface area contributed by atoms with Crippen LogP contribution in [-0.4, -0.2) is 9.97 Å². The monoisotopic (exact) mass is 522 g/mol. The first-order chi connectivity index (χ1) is 20.3. The number of fused-ring (bicyclic) bond motifs is 7. The maximum atomic E-state index is 6.71. The van der Waals surface area contributed by atoms with Crippen LogP contribution in [0, 0.1) is 0 Å². The number of para-hydroxylation sites is 2. The number of nitrogens with zero attached hydrogens (tertiary/aromatic N) is 2. The first-order valence-corrected chi connectivity index (χ1v) is 13.8. The van der Waals surface area contributed by atoms with Crippen LogP contribution in [0.5, 0.6) is 0 Å². The number of benzene rings is 6. The van der Waals surface area contributed by atoms with Crippen molar-refractivity contribution in [1.29, 1.82) is 0 Å². The number of rotatable bonds is 2. The number of hydrogen-bond donors (Lipinski definition) is 0. The zero-order chi connectivity index (χ0) is 26.9. The molecule has 190 valence electrons. The maximum absolute atomic E-state index is 6.71. The van der Waals surface area contributed by atoms with Crippen molar-refractivity contribution in [3.05, 3.63) is 133 Å². The molecule has 3 heteroatoms. The minimum absolute atomic E-state index is 0.842. The van der Waals surface area contributed by atoms with Gasteiger partial charge in [-0.25, -0.2) is 9.97 Å². The number of hydrogen-bond acceptors (Lipinski definition) is 3. The van der Waals surface area contributed by atoms with Gasteiger partial charge in [0, 0.05) is 32.7 Å². The number of aromatic nitrogens is 2. The summed E-state index contributed by atoms with van der Waals surface area (Å²) in [6.45, 7) is 0.